The highest BCUT2D eigenvalue weighted by Crippen LogP contribution is 1.99. The van der Waals surface area contributed by atoms with E-state index in [1.807, 2.05) is 0 Å². The van der Waals surface area contributed by atoms with Crippen LogP contribution in [0.25, 0.3) is 0 Å². The second-order valence-electron chi connectivity index (χ2n) is 3.76. The van der Waals surface area contributed by atoms with E-state index in [1.165, 1.54) is 9.80 Å². The number of carboxylic acid groups (broad SMARTS) is 1. The zero-order valence-electron chi connectivity index (χ0n) is 11.0. The molecular weight excluding hydrogens is 240 g/mol. The Hall–Kier alpha value is -1.34. The van der Waals surface area contributed by atoms with Crippen molar-refractivity contribution in [3.05, 3.63) is 0 Å². The number of carboxylic acids is 1. The molecule has 2 N–H and O–H groups in total. The maximum absolute atomic E-state index is 11.9. The number of ether oxygens (including phenoxy) is 1. The molecule has 0 aromatic heterocycles. The summed E-state index contributed by atoms with van der Waals surface area (Å²) in [5.41, 5.74) is 0. The van der Waals surface area contributed by atoms with Gasteiger partial charge in [0, 0.05) is 26.7 Å². The number of aliphatic carboxylic acids is 1. The number of urea groups is 1. The molecule has 0 bridgehead atoms. The Balaban J connectivity index is 4.02. The topological polar surface area (TPSA) is 90.3 Å². The molecule has 7 heteroatoms. The Morgan fingerprint density at radius 3 is 2.39 bits per heavy atom. The lowest BCUT2D eigenvalue weighted by Gasteiger charge is -2.26. The van der Waals surface area contributed by atoms with Crippen molar-refractivity contribution in [2.45, 2.75) is 13.3 Å². The molecule has 0 aliphatic rings. The summed E-state index contributed by atoms with van der Waals surface area (Å²) in [5.74, 6) is -0.921. The highest BCUT2D eigenvalue weighted by atomic mass is 16.5. The van der Waals surface area contributed by atoms with Gasteiger partial charge in [0.15, 0.2) is 0 Å². The predicted octanol–water partition coefficient (Wildman–Crippen LogP) is -0.156. The van der Waals surface area contributed by atoms with Crippen LogP contribution in [-0.2, 0) is 9.53 Å². The number of amides is 2. The third-order valence-electron chi connectivity index (χ3n) is 2.38. The van der Waals surface area contributed by atoms with Gasteiger partial charge in [0.2, 0.25) is 0 Å². The van der Waals surface area contributed by atoms with Crippen molar-refractivity contribution in [3.63, 3.8) is 0 Å². The summed E-state index contributed by atoms with van der Waals surface area (Å²) in [5, 5.41) is 17.1. The van der Waals surface area contributed by atoms with Crippen molar-refractivity contribution >= 4 is 12.0 Å². The van der Waals surface area contributed by atoms with Gasteiger partial charge in [-0.05, 0) is 6.92 Å². The van der Waals surface area contributed by atoms with Crippen LogP contribution in [0.5, 0.6) is 0 Å². The van der Waals surface area contributed by atoms with Crippen molar-refractivity contribution < 1.29 is 24.5 Å². The van der Waals surface area contributed by atoms with Crippen LogP contribution in [0.1, 0.15) is 13.3 Å². The maximum atomic E-state index is 11.9. The summed E-state index contributed by atoms with van der Waals surface area (Å²) in [7, 11) is 1.63. The second-order valence-corrected chi connectivity index (χ2v) is 3.76. The highest BCUT2D eigenvalue weighted by Gasteiger charge is 2.16. The number of carbonyl (C=O) groups is 2. The third kappa shape index (κ3) is 7.08. The lowest BCUT2D eigenvalue weighted by atomic mass is 10.4. The van der Waals surface area contributed by atoms with E-state index in [2.05, 4.69) is 0 Å². The minimum absolute atomic E-state index is 0.0443. The molecule has 0 heterocycles. The number of rotatable bonds is 9. The standard InChI is InChI=1S/C11H22N2O5/c1-3-13(5-4-10(15)16)11(17)12(2)6-8-18-9-7-14/h14H,3-9H2,1-2H3,(H,15,16). The van der Waals surface area contributed by atoms with Gasteiger partial charge >= 0.3 is 12.0 Å². The number of likely N-dealkylation sites (N-methyl/N-ethyl adjacent to an activating group) is 1. The zero-order chi connectivity index (χ0) is 14.0. The maximum Gasteiger partial charge on any atom is 0.319 e. The molecule has 0 saturated carbocycles. The molecule has 18 heavy (non-hydrogen) atoms. The van der Waals surface area contributed by atoms with Gasteiger partial charge in [-0.25, -0.2) is 4.79 Å². The molecule has 0 aliphatic carbocycles. The number of carbonyl (C=O) groups excluding carboxylic acids is 1. The summed E-state index contributed by atoms with van der Waals surface area (Å²) in [4.78, 5) is 25.3. The molecule has 0 radical (unpaired) electrons. The van der Waals surface area contributed by atoms with Crippen LogP contribution in [0.2, 0.25) is 0 Å². The Morgan fingerprint density at radius 1 is 1.22 bits per heavy atom. The van der Waals surface area contributed by atoms with Crippen molar-refractivity contribution in [2.75, 3.05) is 46.5 Å². The summed E-state index contributed by atoms with van der Waals surface area (Å²) in [6, 6.07) is -0.216. The monoisotopic (exact) mass is 262 g/mol. The smallest absolute Gasteiger partial charge is 0.319 e. The fourth-order valence-corrected chi connectivity index (χ4v) is 1.32. The Morgan fingerprint density at radius 2 is 1.89 bits per heavy atom. The van der Waals surface area contributed by atoms with Gasteiger partial charge in [-0.1, -0.05) is 0 Å². The molecule has 0 atom stereocenters. The quantitative estimate of drug-likeness (QED) is 0.564. The zero-order valence-corrected chi connectivity index (χ0v) is 11.0. The van der Waals surface area contributed by atoms with E-state index in [0.717, 1.165) is 0 Å². The van der Waals surface area contributed by atoms with E-state index in [1.54, 1.807) is 14.0 Å². The molecule has 0 rings (SSSR count). The van der Waals surface area contributed by atoms with E-state index in [4.69, 9.17) is 14.9 Å². The van der Waals surface area contributed by atoms with Gasteiger partial charge in [0.25, 0.3) is 0 Å². The van der Waals surface area contributed by atoms with E-state index < -0.39 is 5.97 Å². The molecule has 0 unspecified atom stereocenters. The van der Waals surface area contributed by atoms with Crippen LogP contribution in [0.3, 0.4) is 0 Å². The van der Waals surface area contributed by atoms with Crippen LogP contribution in [0.15, 0.2) is 0 Å². The summed E-state index contributed by atoms with van der Waals surface area (Å²) in [6.45, 7) is 3.42. The van der Waals surface area contributed by atoms with E-state index in [9.17, 15) is 9.59 Å². The minimum atomic E-state index is -0.921. The first-order valence-corrected chi connectivity index (χ1v) is 5.93. The van der Waals surface area contributed by atoms with Gasteiger partial charge in [-0.2, -0.15) is 0 Å². The SMILES string of the molecule is CCN(CCC(=O)O)C(=O)N(C)CCOCCO. The van der Waals surface area contributed by atoms with E-state index in [0.29, 0.717) is 19.7 Å². The van der Waals surface area contributed by atoms with E-state index in [-0.39, 0.29) is 32.2 Å². The molecule has 0 aromatic rings. The minimum Gasteiger partial charge on any atom is -0.481 e. The normalized spacial score (nSPS) is 10.2. The van der Waals surface area contributed by atoms with Crippen molar-refractivity contribution in [1.82, 2.24) is 9.80 Å². The number of nitrogens with zero attached hydrogens (tertiary/aromatic N) is 2. The van der Waals surface area contributed by atoms with Crippen LogP contribution in [0, 0.1) is 0 Å². The number of hydrogen-bond donors (Lipinski definition) is 2. The van der Waals surface area contributed by atoms with Gasteiger partial charge in [0.1, 0.15) is 0 Å². The predicted molar refractivity (Wildman–Crippen MR) is 65.4 cm³/mol. The Bertz CT molecular complexity index is 260. The molecule has 7 nitrogen and oxygen atoms in total. The highest BCUT2D eigenvalue weighted by molar-refractivity contribution is 5.75. The van der Waals surface area contributed by atoms with Crippen molar-refractivity contribution in [1.29, 1.82) is 0 Å². The summed E-state index contributed by atoms with van der Waals surface area (Å²) in [6.07, 6.45) is -0.0611. The van der Waals surface area contributed by atoms with Gasteiger partial charge < -0.3 is 24.7 Å². The third-order valence-corrected chi connectivity index (χ3v) is 2.38. The fraction of sp³-hybridized carbons (Fsp3) is 0.818. The first-order valence-electron chi connectivity index (χ1n) is 5.93. The number of hydrogen-bond acceptors (Lipinski definition) is 4. The summed E-state index contributed by atoms with van der Waals surface area (Å²) < 4.78 is 5.06. The van der Waals surface area contributed by atoms with Crippen LogP contribution in [0.4, 0.5) is 4.79 Å². The van der Waals surface area contributed by atoms with Crippen LogP contribution in [-0.4, -0.2) is 78.5 Å². The first kappa shape index (κ1) is 16.7. The average molecular weight is 262 g/mol. The number of aliphatic hydroxyl groups excluding tert-OH is 1. The molecular formula is C11H22N2O5. The van der Waals surface area contributed by atoms with Gasteiger partial charge in [-0.15, -0.1) is 0 Å². The Kier molecular flexibility index (Phi) is 8.95. The molecule has 0 aliphatic heterocycles. The molecule has 0 saturated heterocycles. The lowest BCUT2D eigenvalue weighted by Crippen LogP contribution is -2.43. The molecule has 0 aromatic carbocycles. The fourth-order valence-electron chi connectivity index (χ4n) is 1.32. The van der Waals surface area contributed by atoms with Gasteiger partial charge in [-0.3, -0.25) is 4.79 Å². The second kappa shape index (κ2) is 9.67. The molecule has 0 fully saturated rings. The molecule has 2 amide bonds. The Labute approximate surface area is 107 Å². The molecule has 106 valence electrons. The lowest BCUT2D eigenvalue weighted by molar-refractivity contribution is -0.137. The van der Waals surface area contributed by atoms with Crippen LogP contribution < -0.4 is 0 Å². The average Bonchev–Trinajstić information content (AvgIpc) is 2.34. The van der Waals surface area contributed by atoms with Crippen molar-refractivity contribution in [3.8, 4) is 0 Å². The van der Waals surface area contributed by atoms with Gasteiger partial charge in [0.05, 0.1) is 26.2 Å². The van der Waals surface area contributed by atoms with Crippen molar-refractivity contribution in [2.24, 2.45) is 0 Å². The first-order chi connectivity index (χ1) is 8.52. The number of aliphatic hydroxyl groups is 1. The summed E-state index contributed by atoms with van der Waals surface area (Å²) >= 11 is 0. The van der Waals surface area contributed by atoms with E-state index >= 15 is 0 Å². The largest absolute Gasteiger partial charge is 0.481 e. The van der Waals surface area contributed by atoms with Crippen LogP contribution >= 0.6 is 0 Å². The molecule has 0 spiro atoms.